The Morgan fingerprint density at radius 3 is 1.45 bits per heavy atom. The number of hydrogen-bond acceptors (Lipinski definition) is 3. The summed E-state index contributed by atoms with van der Waals surface area (Å²) in [6, 6.07) is 31.0. The Kier molecular flexibility index (Phi) is 4.92. The van der Waals surface area contributed by atoms with Crippen LogP contribution in [0.1, 0.15) is 27.9 Å². The predicted molar refractivity (Wildman–Crippen MR) is 125 cm³/mol. The summed E-state index contributed by atoms with van der Waals surface area (Å²) >= 11 is 0. The average Bonchev–Trinajstić information content (AvgIpc) is 3.08. The molecule has 154 valence electrons. The second-order valence-electron chi connectivity index (χ2n) is 7.93. The molecule has 0 amide bonds. The van der Waals surface area contributed by atoms with Crippen LogP contribution in [0.4, 0.5) is 0 Å². The Labute approximate surface area is 182 Å². The van der Waals surface area contributed by atoms with Gasteiger partial charge in [0, 0.05) is 0 Å². The van der Waals surface area contributed by atoms with Gasteiger partial charge in [-0.1, -0.05) is 83.9 Å². The largest absolute Gasteiger partial charge is 0.442 e. The molecule has 0 saturated heterocycles. The van der Waals surface area contributed by atoms with Crippen molar-refractivity contribution in [3.8, 4) is 22.6 Å². The van der Waals surface area contributed by atoms with Crippen LogP contribution in [0.15, 0.2) is 97.1 Å². The Morgan fingerprint density at radius 2 is 1.03 bits per heavy atom. The van der Waals surface area contributed by atoms with Crippen LogP contribution in [0, 0.1) is 13.8 Å². The molecule has 1 aliphatic rings. The van der Waals surface area contributed by atoms with E-state index in [2.05, 4.69) is 50.2 Å². The molecule has 1 aliphatic carbocycles. The second kappa shape index (κ2) is 7.76. The van der Waals surface area contributed by atoms with E-state index in [4.69, 9.17) is 9.05 Å². The van der Waals surface area contributed by atoms with Crippen molar-refractivity contribution in [3.63, 3.8) is 0 Å². The molecule has 3 nitrogen and oxygen atoms in total. The van der Waals surface area contributed by atoms with Crippen LogP contribution in [0.25, 0.3) is 11.1 Å². The second-order valence-corrected chi connectivity index (χ2v) is 9.89. The van der Waals surface area contributed by atoms with E-state index in [1.54, 1.807) is 0 Å². The number of hydrogen-bond donors (Lipinski definition) is 0. The first kappa shape index (κ1) is 19.7. The van der Waals surface area contributed by atoms with Crippen LogP contribution in [0.2, 0.25) is 0 Å². The van der Waals surface area contributed by atoms with Gasteiger partial charge in [0.15, 0.2) is 0 Å². The van der Waals surface area contributed by atoms with E-state index >= 15 is 0 Å². The van der Waals surface area contributed by atoms with Gasteiger partial charge in [0.05, 0.1) is 0 Å². The third-order valence-corrected chi connectivity index (χ3v) is 7.68. The quantitative estimate of drug-likeness (QED) is 0.306. The molecular weight excluding hydrogens is 403 g/mol. The molecule has 4 aromatic rings. The predicted octanol–water partition coefficient (Wildman–Crippen LogP) is 7.72. The minimum absolute atomic E-state index is 0.515. The van der Waals surface area contributed by atoms with Crippen LogP contribution in [0.5, 0.6) is 11.5 Å². The molecular formula is C27H23O3P. The van der Waals surface area contributed by atoms with Gasteiger partial charge in [-0.25, -0.2) is 4.57 Å². The first-order chi connectivity index (χ1) is 15.0. The van der Waals surface area contributed by atoms with E-state index in [9.17, 15) is 4.57 Å². The number of para-hydroxylation sites is 2. The van der Waals surface area contributed by atoms with Crippen molar-refractivity contribution in [1.82, 2.24) is 0 Å². The smallest absolute Gasteiger partial charge is 0.415 e. The number of rotatable bonds is 5. The summed E-state index contributed by atoms with van der Waals surface area (Å²) in [7, 11) is -3.71. The van der Waals surface area contributed by atoms with Gasteiger partial charge in [-0.15, -0.1) is 0 Å². The molecule has 0 N–H and O–H groups in total. The first-order valence-corrected chi connectivity index (χ1v) is 12.0. The van der Waals surface area contributed by atoms with Crippen LogP contribution >= 0.6 is 7.60 Å². The van der Waals surface area contributed by atoms with Gasteiger partial charge in [0.25, 0.3) is 0 Å². The Hall–Kier alpha value is -3.29. The minimum atomic E-state index is -3.71. The van der Waals surface area contributed by atoms with Crippen molar-refractivity contribution in [1.29, 1.82) is 0 Å². The zero-order valence-corrected chi connectivity index (χ0v) is 18.4. The van der Waals surface area contributed by atoms with Crippen LogP contribution < -0.4 is 9.05 Å². The lowest BCUT2D eigenvalue weighted by molar-refractivity contribution is 0.378. The van der Waals surface area contributed by atoms with E-state index in [0.717, 1.165) is 33.4 Å². The zero-order valence-electron chi connectivity index (χ0n) is 17.5. The van der Waals surface area contributed by atoms with Gasteiger partial charge in [-0.05, 0) is 60.4 Å². The topological polar surface area (TPSA) is 35.5 Å². The molecule has 0 heterocycles. The number of benzene rings is 4. The maximum atomic E-state index is 14.6. The Morgan fingerprint density at radius 1 is 0.613 bits per heavy atom. The fourth-order valence-corrected chi connectivity index (χ4v) is 6.38. The van der Waals surface area contributed by atoms with Gasteiger partial charge in [-0.3, -0.25) is 0 Å². The van der Waals surface area contributed by atoms with E-state index in [-0.39, 0.29) is 0 Å². The van der Waals surface area contributed by atoms with Crippen molar-refractivity contribution in [3.05, 3.63) is 119 Å². The lowest BCUT2D eigenvalue weighted by Crippen LogP contribution is -2.10. The third kappa shape index (κ3) is 3.66. The summed E-state index contributed by atoms with van der Waals surface area (Å²) in [6.45, 7) is 4.15. The fourth-order valence-electron chi connectivity index (χ4n) is 4.17. The highest BCUT2D eigenvalue weighted by atomic mass is 31.2. The third-order valence-electron chi connectivity index (χ3n) is 5.56. The van der Waals surface area contributed by atoms with Crippen LogP contribution in [-0.4, -0.2) is 0 Å². The van der Waals surface area contributed by atoms with Crippen LogP contribution in [0.3, 0.4) is 0 Å². The van der Waals surface area contributed by atoms with Crippen molar-refractivity contribution in [2.45, 2.75) is 19.5 Å². The minimum Gasteiger partial charge on any atom is -0.415 e. The molecule has 0 radical (unpaired) electrons. The molecule has 0 unspecified atom stereocenters. The highest BCUT2D eigenvalue weighted by Gasteiger charge is 2.47. The Bertz CT molecular complexity index is 1190. The molecule has 0 fully saturated rings. The van der Waals surface area contributed by atoms with Crippen molar-refractivity contribution in [2.75, 3.05) is 0 Å². The summed E-state index contributed by atoms with van der Waals surface area (Å²) in [5.41, 5.74) is 5.95. The van der Waals surface area contributed by atoms with Crippen molar-refractivity contribution >= 4 is 7.60 Å². The van der Waals surface area contributed by atoms with E-state index in [1.807, 2.05) is 60.7 Å². The van der Waals surface area contributed by atoms with Crippen molar-refractivity contribution in [2.24, 2.45) is 0 Å². The molecule has 31 heavy (non-hydrogen) atoms. The molecule has 4 heteroatoms. The maximum absolute atomic E-state index is 14.6. The van der Waals surface area contributed by atoms with E-state index < -0.39 is 13.3 Å². The van der Waals surface area contributed by atoms with Crippen LogP contribution in [-0.2, 0) is 4.57 Å². The number of fused-ring (bicyclic) bond motifs is 3. The van der Waals surface area contributed by atoms with E-state index in [1.165, 1.54) is 0 Å². The molecule has 0 spiro atoms. The monoisotopic (exact) mass is 426 g/mol. The first-order valence-electron chi connectivity index (χ1n) is 10.3. The van der Waals surface area contributed by atoms with E-state index in [0.29, 0.717) is 11.5 Å². The standard InChI is InChI=1S/C27H23O3P/c1-19-13-15-23-25(17-19)26-18-20(2)14-16-24(26)27(23)31(28,29-21-9-5-3-6-10-21)30-22-11-7-4-8-12-22/h3-18,27H,1-2H3. The van der Waals surface area contributed by atoms with Gasteiger partial charge < -0.3 is 9.05 Å². The van der Waals surface area contributed by atoms with Gasteiger partial charge >= 0.3 is 7.60 Å². The summed E-state index contributed by atoms with van der Waals surface area (Å²) in [5.74, 6) is 1.05. The van der Waals surface area contributed by atoms with Gasteiger partial charge in [0.2, 0.25) is 0 Å². The molecule has 0 bridgehead atoms. The highest BCUT2D eigenvalue weighted by molar-refractivity contribution is 7.55. The fraction of sp³-hybridized carbons (Fsp3) is 0.111. The maximum Gasteiger partial charge on any atom is 0.442 e. The summed E-state index contributed by atoms with van der Waals surface area (Å²) in [4.78, 5) is 0. The molecule has 4 aromatic carbocycles. The lowest BCUT2D eigenvalue weighted by Gasteiger charge is -2.26. The SMILES string of the molecule is Cc1ccc2c(c1)-c1cc(C)ccc1C2P(=O)(Oc1ccccc1)Oc1ccccc1. The normalized spacial score (nSPS) is 12.8. The highest BCUT2D eigenvalue weighted by Crippen LogP contribution is 2.67. The summed E-state index contributed by atoms with van der Waals surface area (Å²) < 4.78 is 27.0. The molecule has 0 aromatic heterocycles. The molecule has 0 saturated carbocycles. The van der Waals surface area contributed by atoms with Crippen molar-refractivity contribution < 1.29 is 13.6 Å². The number of aryl methyl sites for hydroxylation is 2. The van der Waals surface area contributed by atoms with Gasteiger partial charge in [-0.2, -0.15) is 0 Å². The van der Waals surface area contributed by atoms with Gasteiger partial charge in [0.1, 0.15) is 17.2 Å². The summed E-state index contributed by atoms with van der Waals surface area (Å²) in [6.07, 6.45) is 0. The lowest BCUT2D eigenvalue weighted by atomic mass is 10.0. The molecule has 5 rings (SSSR count). The molecule has 0 aliphatic heterocycles. The Balaban J connectivity index is 1.70. The summed E-state index contributed by atoms with van der Waals surface area (Å²) in [5, 5.41) is 0. The molecule has 0 atom stereocenters. The zero-order chi connectivity index (χ0) is 21.4. The average molecular weight is 426 g/mol.